The highest BCUT2D eigenvalue weighted by Crippen LogP contribution is 2.30. The molecule has 0 fully saturated rings. The maximum absolute atomic E-state index is 12.8. The van der Waals surface area contributed by atoms with Crippen molar-refractivity contribution in [3.63, 3.8) is 0 Å². The van der Waals surface area contributed by atoms with E-state index in [1.54, 1.807) is 0 Å². The van der Waals surface area contributed by atoms with Gasteiger partial charge in [-0.2, -0.15) is 18.4 Å². The number of nitriles is 1. The van der Waals surface area contributed by atoms with Crippen LogP contribution in [0.2, 0.25) is 0 Å². The Morgan fingerprint density at radius 1 is 1.32 bits per heavy atom. The third kappa shape index (κ3) is 2.41. The average Bonchev–Trinajstić information content (AvgIpc) is 2.78. The van der Waals surface area contributed by atoms with Gasteiger partial charge in [-0.1, -0.05) is 0 Å². The van der Waals surface area contributed by atoms with Crippen LogP contribution in [0.4, 0.5) is 13.2 Å². The minimum Gasteiger partial charge on any atom is -0.224 e. The molecular weight excluding hydrogens is 389 g/mol. The molecule has 0 amide bonds. The Bertz CT molecular complexity index is 905. The molecule has 0 aromatic heterocycles. The van der Waals surface area contributed by atoms with E-state index in [9.17, 15) is 26.9 Å². The molecule has 2 rings (SSSR count). The summed E-state index contributed by atoms with van der Waals surface area (Å²) in [5, 5.41) is 8.79. The van der Waals surface area contributed by atoms with E-state index in [1.807, 2.05) is 0 Å². The second-order valence-corrected chi connectivity index (χ2v) is 7.66. The van der Waals surface area contributed by atoms with Crippen LogP contribution in [0.3, 0.4) is 0 Å². The maximum atomic E-state index is 12.8. The average molecular weight is 397 g/mol. The highest BCUT2D eigenvalue weighted by molar-refractivity contribution is 9.10. The Balaban J connectivity index is 2.83. The van der Waals surface area contributed by atoms with Crippen molar-refractivity contribution in [2.75, 3.05) is 14.1 Å². The van der Waals surface area contributed by atoms with E-state index in [1.165, 1.54) is 20.2 Å². The van der Waals surface area contributed by atoms with Gasteiger partial charge >= 0.3 is 11.2 Å². The van der Waals surface area contributed by atoms with Gasteiger partial charge in [0.2, 0.25) is 0 Å². The highest BCUT2D eigenvalue weighted by Gasteiger charge is 2.48. The summed E-state index contributed by atoms with van der Waals surface area (Å²) in [4.78, 5) is 4.87. The molecule has 0 aliphatic carbocycles. The minimum atomic E-state index is -4.63. The predicted molar refractivity (Wildman–Crippen MR) is 72.4 cm³/mol. The molecule has 1 unspecified atom stereocenters. The normalized spacial score (nSPS) is 21.0. The maximum Gasteiger partial charge on any atom is 0.416 e. The van der Waals surface area contributed by atoms with Crippen molar-refractivity contribution in [3.8, 4) is 6.07 Å². The van der Waals surface area contributed by atoms with Gasteiger partial charge in [0.05, 0.1) is 10.9 Å². The Morgan fingerprint density at radius 3 is 2.36 bits per heavy atom. The number of halogens is 4. The van der Waals surface area contributed by atoms with Gasteiger partial charge in [-0.05, 0) is 28.1 Å². The third-order valence-electron chi connectivity index (χ3n) is 2.89. The van der Waals surface area contributed by atoms with Crippen molar-refractivity contribution < 1.29 is 21.6 Å². The number of hydrogen-bond acceptors (Lipinski definition) is 5. The van der Waals surface area contributed by atoms with E-state index in [0.717, 1.165) is 10.4 Å². The fourth-order valence-electron chi connectivity index (χ4n) is 1.76. The van der Waals surface area contributed by atoms with Gasteiger partial charge in [-0.3, -0.25) is 0 Å². The van der Waals surface area contributed by atoms with Gasteiger partial charge in [0.25, 0.3) is 10.0 Å². The molecule has 6 nitrogen and oxygen atoms in total. The molecule has 118 valence electrons. The molecule has 0 radical (unpaired) electrons. The van der Waals surface area contributed by atoms with Gasteiger partial charge in [-0.25, -0.2) is 22.7 Å². The van der Waals surface area contributed by atoms with Crippen LogP contribution >= 0.6 is 15.9 Å². The standard InChI is InChI=1S/C11H8BrF3N4O2S/c1-19(2)22(20,21)10(5-16)17-8-4-6(11(13,14)15)3-7(12)9(8)18-10/h3-4H,1-2H3. The Labute approximate surface area is 131 Å². The molecule has 11 heteroatoms. The number of sulfonamides is 1. The minimum absolute atomic E-state index is 0.0906. The van der Waals surface area contributed by atoms with E-state index >= 15 is 0 Å². The molecule has 1 aliphatic rings. The molecule has 0 saturated carbocycles. The van der Waals surface area contributed by atoms with Crippen molar-refractivity contribution in [1.82, 2.24) is 4.31 Å². The van der Waals surface area contributed by atoms with E-state index in [0.29, 0.717) is 6.07 Å². The quantitative estimate of drug-likeness (QED) is 0.740. The summed E-state index contributed by atoms with van der Waals surface area (Å²) in [6.07, 6.45) is -4.63. The lowest BCUT2D eigenvalue weighted by atomic mass is 10.2. The summed E-state index contributed by atoms with van der Waals surface area (Å²) >= 11 is 2.90. The molecule has 1 aliphatic heterocycles. The van der Waals surface area contributed by atoms with Gasteiger partial charge in [0.15, 0.2) is 0 Å². The first-order valence-electron chi connectivity index (χ1n) is 5.64. The number of hydrogen-bond donors (Lipinski definition) is 0. The first kappa shape index (κ1) is 16.9. The van der Waals surface area contributed by atoms with Crippen LogP contribution in [0.5, 0.6) is 0 Å². The number of nitrogens with zero attached hydrogens (tertiary/aromatic N) is 4. The van der Waals surface area contributed by atoms with Crippen LogP contribution < -0.4 is 10.7 Å². The van der Waals surface area contributed by atoms with E-state index in [-0.39, 0.29) is 15.2 Å². The Kier molecular flexibility index (Phi) is 3.83. The lowest BCUT2D eigenvalue weighted by Gasteiger charge is -2.19. The van der Waals surface area contributed by atoms with Gasteiger partial charge < -0.3 is 0 Å². The summed E-state index contributed by atoms with van der Waals surface area (Å²) in [7, 11) is -1.93. The zero-order valence-corrected chi connectivity index (χ0v) is 13.6. The molecule has 0 saturated heterocycles. The molecule has 1 aromatic carbocycles. The van der Waals surface area contributed by atoms with Crippen molar-refractivity contribution in [1.29, 1.82) is 5.26 Å². The Morgan fingerprint density at radius 2 is 1.91 bits per heavy atom. The van der Waals surface area contributed by atoms with Crippen LogP contribution in [-0.2, 0) is 16.2 Å². The monoisotopic (exact) mass is 396 g/mol. The molecule has 1 aromatic rings. The molecule has 0 bridgehead atoms. The smallest absolute Gasteiger partial charge is 0.224 e. The molecule has 22 heavy (non-hydrogen) atoms. The SMILES string of the molecule is CN(C)S(=O)(=O)C1(C#N)N=c2cc(C(F)(F)F)cc(Br)c2=N1. The van der Waals surface area contributed by atoms with Gasteiger partial charge in [0.1, 0.15) is 11.4 Å². The van der Waals surface area contributed by atoms with Crippen LogP contribution in [-0.4, -0.2) is 31.8 Å². The molecular formula is C11H8BrF3N4O2S. The van der Waals surface area contributed by atoms with Crippen LogP contribution in [0.25, 0.3) is 0 Å². The topological polar surface area (TPSA) is 85.9 Å². The first-order valence-corrected chi connectivity index (χ1v) is 7.88. The van der Waals surface area contributed by atoms with E-state index in [2.05, 4.69) is 25.9 Å². The highest BCUT2D eigenvalue weighted by atomic mass is 79.9. The lowest BCUT2D eigenvalue weighted by Crippen LogP contribution is -2.41. The largest absolute Gasteiger partial charge is 0.416 e. The third-order valence-corrected chi connectivity index (χ3v) is 5.45. The van der Waals surface area contributed by atoms with Crippen molar-refractivity contribution >= 4 is 26.0 Å². The Hall–Kier alpha value is -1.51. The van der Waals surface area contributed by atoms with Crippen molar-refractivity contribution in [2.45, 2.75) is 11.2 Å². The zero-order chi connectivity index (χ0) is 16.9. The lowest BCUT2D eigenvalue weighted by molar-refractivity contribution is -0.137. The number of alkyl halides is 3. The summed E-state index contributed by atoms with van der Waals surface area (Å²) < 4.78 is 63.5. The fourth-order valence-corrected chi connectivity index (χ4v) is 3.34. The predicted octanol–water partition coefficient (Wildman–Crippen LogP) is 0.789. The number of fused-ring (bicyclic) bond motifs is 1. The van der Waals surface area contributed by atoms with E-state index in [4.69, 9.17) is 0 Å². The second kappa shape index (κ2) is 5.00. The van der Waals surface area contributed by atoms with Crippen LogP contribution in [0.1, 0.15) is 5.56 Å². The van der Waals surface area contributed by atoms with Gasteiger partial charge in [-0.15, -0.1) is 0 Å². The van der Waals surface area contributed by atoms with Crippen molar-refractivity contribution in [3.05, 3.63) is 32.9 Å². The molecule has 0 spiro atoms. The summed E-state index contributed by atoms with van der Waals surface area (Å²) in [6, 6.07) is 2.88. The second-order valence-electron chi connectivity index (χ2n) is 4.55. The summed E-state index contributed by atoms with van der Waals surface area (Å²) in [6.45, 7) is 0. The zero-order valence-electron chi connectivity index (χ0n) is 11.2. The molecule has 1 heterocycles. The van der Waals surface area contributed by atoms with E-state index < -0.39 is 26.8 Å². The van der Waals surface area contributed by atoms with Gasteiger partial charge in [0, 0.05) is 18.6 Å². The fraction of sp³-hybridized carbons (Fsp3) is 0.364. The first-order chi connectivity index (χ1) is 9.94. The number of benzene rings is 1. The molecule has 1 atom stereocenters. The number of rotatable bonds is 2. The summed E-state index contributed by atoms with van der Waals surface area (Å²) in [5.74, 6) is 0. The van der Waals surface area contributed by atoms with Crippen molar-refractivity contribution in [2.24, 2.45) is 9.98 Å². The van der Waals surface area contributed by atoms with Crippen LogP contribution in [0, 0.1) is 11.3 Å². The summed E-state index contributed by atoms with van der Waals surface area (Å²) in [5.41, 5.74) is -1.02. The molecule has 0 N–H and O–H groups in total. The van der Waals surface area contributed by atoms with Crippen LogP contribution in [0.15, 0.2) is 26.6 Å².